The van der Waals surface area contributed by atoms with Crippen molar-refractivity contribution in [2.24, 2.45) is 0 Å². The Morgan fingerprint density at radius 2 is 1.78 bits per heavy atom. The van der Waals surface area contributed by atoms with Crippen LogP contribution in [0.1, 0.15) is 29.4 Å². The van der Waals surface area contributed by atoms with Gasteiger partial charge in [-0.15, -0.1) is 11.3 Å². The average Bonchev–Trinajstić information content (AvgIpc) is 3.38. The number of amides is 2. The highest BCUT2D eigenvalue weighted by molar-refractivity contribution is 7.92. The van der Waals surface area contributed by atoms with Crippen LogP contribution in [0.15, 0.2) is 66.7 Å². The largest absolute Gasteiger partial charge is 0.497 e. The van der Waals surface area contributed by atoms with E-state index in [1.807, 2.05) is 12.1 Å². The Hall–Kier alpha value is -3.25. The fourth-order valence-corrected chi connectivity index (χ4v) is 8.14. The van der Waals surface area contributed by atoms with Gasteiger partial charge in [0.15, 0.2) is 15.9 Å². The minimum atomic E-state index is -3.97. The molecule has 3 aromatic rings. The molecule has 0 spiro atoms. The number of sulfone groups is 1. The first kappa shape index (κ1) is 26.8. The van der Waals surface area contributed by atoms with Crippen LogP contribution in [0.3, 0.4) is 0 Å². The Bertz CT molecular complexity index is 1360. The Labute approximate surface area is 219 Å². The van der Waals surface area contributed by atoms with Gasteiger partial charge in [-0.1, -0.05) is 30.3 Å². The summed E-state index contributed by atoms with van der Waals surface area (Å²) in [6, 6.07) is 19.2. The Kier molecular flexibility index (Phi) is 7.98. The number of ether oxygens (including phenoxy) is 1. The summed E-state index contributed by atoms with van der Waals surface area (Å²) < 4.78 is 31.0. The molecule has 1 saturated heterocycles. The molecule has 37 heavy (non-hydrogen) atoms. The molecular formula is C26H28N2O7S2. The summed E-state index contributed by atoms with van der Waals surface area (Å²) in [7, 11) is -2.41. The molecule has 2 amide bonds. The van der Waals surface area contributed by atoms with Gasteiger partial charge in [-0.25, -0.2) is 13.9 Å². The standard InChI is InChI=1S/C26H28N2O7S2/c1-35-20-9-7-18(8-10-20)21-11-12-22(36-21)26(17-23(29)27-32)13-14-28(15-16-37(26,33)34)25(31)24(30)19-5-3-2-4-6-19/h2-12,24,30,32H,13-17H2,1H3,(H,27,29)/t24-,26?/m0/s1. The summed E-state index contributed by atoms with van der Waals surface area (Å²) in [5.41, 5.74) is 2.82. The number of aliphatic hydroxyl groups excluding tert-OH is 1. The smallest absolute Gasteiger partial charge is 0.256 e. The third-order valence-corrected chi connectivity index (χ3v) is 10.6. The second kappa shape index (κ2) is 11.0. The highest BCUT2D eigenvalue weighted by atomic mass is 32.2. The second-order valence-electron chi connectivity index (χ2n) is 8.81. The van der Waals surface area contributed by atoms with E-state index in [1.54, 1.807) is 67.2 Å². The van der Waals surface area contributed by atoms with Crippen LogP contribution in [0, 0.1) is 0 Å². The summed E-state index contributed by atoms with van der Waals surface area (Å²) in [6.45, 7) is -0.110. The summed E-state index contributed by atoms with van der Waals surface area (Å²) >= 11 is 1.25. The maximum absolute atomic E-state index is 13.7. The van der Waals surface area contributed by atoms with E-state index in [0.29, 0.717) is 16.2 Å². The third kappa shape index (κ3) is 5.40. The van der Waals surface area contributed by atoms with Crippen molar-refractivity contribution in [1.82, 2.24) is 10.4 Å². The molecule has 2 atom stereocenters. The van der Waals surface area contributed by atoms with Crippen molar-refractivity contribution in [2.45, 2.75) is 23.7 Å². The zero-order valence-electron chi connectivity index (χ0n) is 20.2. The zero-order chi connectivity index (χ0) is 26.6. The van der Waals surface area contributed by atoms with E-state index < -0.39 is 44.7 Å². The first-order chi connectivity index (χ1) is 17.7. The number of benzene rings is 2. The zero-order valence-corrected chi connectivity index (χ0v) is 21.8. The average molecular weight is 545 g/mol. The minimum Gasteiger partial charge on any atom is -0.497 e. The number of carbonyl (C=O) groups excluding carboxylic acids is 2. The van der Waals surface area contributed by atoms with E-state index in [2.05, 4.69) is 0 Å². The second-order valence-corrected chi connectivity index (χ2v) is 12.3. The summed E-state index contributed by atoms with van der Waals surface area (Å²) in [4.78, 5) is 28.0. The van der Waals surface area contributed by atoms with Crippen LogP contribution in [0.25, 0.3) is 10.4 Å². The van der Waals surface area contributed by atoms with Crippen molar-refractivity contribution in [3.8, 4) is 16.2 Å². The number of hydrogen-bond acceptors (Lipinski definition) is 8. The highest BCUT2D eigenvalue weighted by Gasteiger charge is 2.50. The fourth-order valence-electron chi connectivity index (χ4n) is 4.53. The van der Waals surface area contributed by atoms with E-state index >= 15 is 0 Å². The van der Waals surface area contributed by atoms with Gasteiger partial charge in [-0.2, -0.15) is 0 Å². The molecular weight excluding hydrogens is 516 g/mol. The van der Waals surface area contributed by atoms with Gasteiger partial charge in [-0.3, -0.25) is 14.8 Å². The van der Waals surface area contributed by atoms with Crippen LogP contribution in [-0.4, -0.2) is 61.4 Å². The number of nitrogens with one attached hydrogen (secondary N) is 1. The van der Waals surface area contributed by atoms with Crippen molar-refractivity contribution in [3.63, 3.8) is 0 Å². The Morgan fingerprint density at radius 3 is 2.43 bits per heavy atom. The topological polar surface area (TPSA) is 133 Å². The molecule has 3 N–H and O–H groups in total. The number of hydroxylamine groups is 1. The van der Waals surface area contributed by atoms with E-state index in [-0.39, 0.29) is 19.5 Å². The molecule has 0 aliphatic carbocycles. The summed E-state index contributed by atoms with van der Waals surface area (Å²) in [6.07, 6.45) is -2.00. The summed E-state index contributed by atoms with van der Waals surface area (Å²) in [5, 5.41) is 19.9. The molecule has 1 fully saturated rings. The van der Waals surface area contributed by atoms with E-state index in [9.17, 15) is 28.3 Å². The molecule has 2 heterocycles. The van der Waals surface area contributed by atoms with Crippen LogP contribution >= 0.6 is 11.3 Å². The lowest BCUT2D eigenvalue weighted by Gasteiger charge is -2.30. The maximum Gasteiger partial charge on any atom is 0.256 e. The quantitative estimate of drug-likeness (QED) is 0.308. The predicted octanol–water partition coefficient (Wildman–Crippen LogP) is 2.90. The number of nitrogens with zero attached hydrogens (tertiary/aromatic N) is 1. The maximum atomic E-state index is 13.7. The molecule has 0 bridgehead atoms. The van der Waals surface area contributed by atoms with E-state index in [0.717, 1.165) is 10.4 Å². The minimum absolute atomic E-state index is 0.0104. The third-order valence-electron chi connectivity index (χ3n) is 6.67. The van der Waals surface area contributed by atoms with Gasteiger partial charge in [0.05, 0.1) is 19.3 Å². The lowest BCUT2D eigenvalue weighted by Crippen LogP contribution is -2.41. The lowest BCUT2D eigenvalue weighted by atomic mass is 9.97. The van der Waals surface area contributed by atoms with Crippen molar-refractivity contribution >= 4 is 33.0 Å². The van der Waals surface area contributed by atoms with Gasteiger partial charge in [0.2, 0.25) is 5.91 Å². The highest BCUT2D eigenvalue weighted by Crippen LogP contribution is 2.45. The van der Waals surface area contributed by atoms with Crippen molar-refractivity contribution in [2.75, 3.05) is 26.0 Å². The number of carbonyl (C=O) groups is 2. The van der Waals surface area contributed by atoms with Gasteiger partial charge in [0, 0.05) is 22.8 Å². The lowest BCUT2D eigenvalue weighted by molar-refractivity contribution is -0.140. The number of thiophene rings is 1. The normalized spacial score (nSPS) is 20.0. The molecule has 1 aliphatic rings. The van der Waals surface area contributed by atoms with Crippen molar-refractivity contribution in [3.05, 3.63) is 77.2 Å². The molecule has 1 aromatic heterocycles. The van der Waals surface area contributed by atoms with Crippen molar-refractivity contribution in [1.29, 1.82) is 0 Å². The van der Waals surface area contributed by atoms with Gasteiger partial charge in [0.25, 0.3) is 5.91 Å². The van der Waals surface area contributed by atoms with Gasteiger partial charge in [0.1, 0.15) is 10.5 Å². The van der Waals surface area contributed by atoms with Gasteiger partial charge < -0.3 is 14.7 Å². The molecule has 0 radical (unpaired) electrons. The Morgan fingerprint density at radius 1 is 1.08 bits per heavy atom. The van der Waals surface area contributed by atoms with Crippen LogP contribution in [0.4, 0.5) is 0 Å². The number of aliphatic hydroxyl groups is 1. The van der Waals surface area contributed by atoms with E-state index in [4.69, 9.17) is 4.74 Å². The first-order valence-electron chi connectivity index (χ1n) is 11.6. The Balaban J connectivity index is 1.68. The molecule has 196 valence electrons. The van der Waals surface area contributed by atoms with Crippen molar-refractivity contribution < 1.29 is 33.1 Å². The molecule has 0 saturated carbocycles. The molecule has 1 aliphatic heterocycles. The number of hydrogen-bond donors (Lipinski definition) is 3. The van der Waals surface area contributed by atoms with Crippen LogP contribution < -0.4 is 10.2 Å². The van der Waals surface area contributed by atoms with Crippen LogP contribution in [0.5, 0.6) is 5.75 Å². The van der Waals surface area contributed by atoms with Gasteiger partial charge in [-0.05, 0) is 53.9 Å². The van der Waals surface area contributed by atoms with Crippen LogP contribution in [-0.2, 0) is 24.2 Å². The van der Waals surface area contributed by atoms with E-state index in [1.165, 1.54) is 16.2 Å². The molecule has 4 rings (SSSR count). The van der Waals surface area contributed by atoms with Gasteiger partial charge >= 0.3 is 0 Å². The molecule has 1 unspecified atom stereocenters. The fraction of sp³-hybridized carbons (Fsp3) is 0.308. The first-order valence-corrected chi connectivity index (χ1v) is 14.1. The predicted molar refractivity (Wildman–Crippen MR) is 139 cm³/mol. The number of methoxy groups -OCH3 is 1. The number of rotatable bonds is 7. The SMILES string of the molecule is COc1ccc(-c2ccc(C3(CC(=O)NO)CCN(C(=O)[C@@H](O)c4ccccc4)CCS3(=O)=O)s2)cc1. The monoisotopic (exact) mass is 544 g/mol. The molecule has 9 nitrogen and oxygen atoms in total. The molecule has 2 aromatic carbocycles. The van der Waals surface area contributed by atoms with Crippen LogP contribution in [0.2, 0.25) is 0 Å². The summed E-state index contributed by atoms with van der Waals surface area (Å²) in [5.74, 6) is -1.15. The molecule has 11 heteroatoms.